The van der Waals surface area contributed by atoms with E-state index in [2.05, 4.69) is 5.32 Å². The lowest BCUT2D eigenvalue weighted by Crippen LogP contribution is -2.38. The molecule has 2 aromatic carbocycles. The van der Waals surface area contributed by atoms with Gasteiger partial charge in [0.1, 0.15) is 11.8 Å². The minimum Gasteiger partial charge on any atom is -0.493 e. The second-order valence-corrected chi connectivity index (χ2v) is 5.62. The predicted molar refractivity (Wildman–Crippen MR) is 92.8 cm³/mol. The third kappa shape index (κ3) is 3.84. The molecule has 0 fully saturated rings. The van der Waals surface area contributed by atoms with Crippen molar-refractivity contribution in [1.29, 1.82) is 0 Å². The highest BCUT2D eigenvalue weighted by Gasteiger charge is 2.25. The number of rotatable bonds is 3. The molecule has 1 heterocycles. The number of hydrogen-bond donors (Lipinski definition) is 2. The first-order chi connectivity index (χ1) is 10.6. The Balaban J connectivity index is 0.00000192. The van der Waals surface area contributed by atoms with Gasteiger partial charge < -0.3 is 15.8 Å². The van der Waals surface area contributed by atoms with Gasteiger partial charge in [-0.2, -0.15) is 0 Å². The zero-order valence-electron chi connectivity index (χ0n) is 13.0. The molecule has 1 aliphatic rings. The molecule has 2 aromatic rings. The van der Waals surface area contributed by atoms with Crippen molar-refractivity contribution in [3.05, 3.63) is 65.2 Å². The van der Waals surface area contributed by atoms with Crippen molar-refractivity contribution < 1.29 is 9.53 Å². The number of carbonyl (C=O) groups is 1. The summed E-state index contributed by atoms with van der Waals surface area (Å²) in [5, 5.41) is 3.04. The predicted octanol–water partition coefficient (Wildman–Crippen LogP) is 3.06. The number of fused-ring (bicyclic) bond motifs is 1. The van der Waals surface area contributed by atoms with Crippen molar-refractivity contribution in [2.24, 2.45) is 5.73 Å². The van der Waals surface area contributed by atoms with Gasteiger partial charge in [0.15, 0.2) is 0 Å². The molecule has 2 unspecified atom stereocenters. The number of nitrogens with one attached hydrogen (secondary N) is 1. The first-order valence-electron chi connectivity index (χ1n) is 7.49. The quantitative estimate of drug-likeness (QED) is 0.908. The van der Waals surface area contributed by atoms with E-state index in [0.717, 1.165) is 28.9 Å². The summed E-state index contributed by atoms with van der Waals surface area (Å²) >= 11 is 0. The Morgan fingerprint density at radius 3 is 2.65 bits per heavy atom. The summed E-state index contributed by atoms with van der Waals surface area (Å²) in [5.41, 5.74) is 9.07. The topological polar surface area (TPSA) is 64.4 Å². The Morgan fingerprint density at radius 2 is 1.91 bits per heavy atom. The molecule has 1 amide bonds. The van der Waals surface area contributed by atoms with Gasteiger partial charge in [-0.05, 0) is 18.6 Å². The number of halogens is 1. The average molecular weight is 333 g/mol. The molecule has 0 bridgehead atoms. The van der Waals surface area contributed by atoms with E-state index >= 15 is 0 Å². The van der Waals surface area contributed by atoms with Crippen LogP contribution in [0.2, 0.25) is 0 Å². The van der Waals surface area contributed by atoms with E-state index in [1.807, 2.05) is 55.5 Å². The normalized spacial score (nSPS) is 17.2. The molecule has 5 heteroatoms. The van der Waals surface area contributed by atoms with Crippen LogP contribution in [-0.4, -0.2) is 12.5 Å². The van der Waals surface area contributed by atoms with Gasteiger partial charge in [-0.25, -0.2) is 0 Å². The van der Waals surface area contributed by atoms with E-state index in [4.69, 9.17) is 10.5 Å². The van der Waals surface area contributed by atoms with E-state index in [1.165, 1.54) is 0 Å². The van der Waals surface area contributed by atoms with E-state index in [-0.39, 0.29) is 24.4 Å². The van der Waals surface area contributed by atoms with Crippen molar-refractivity contribution >= 4 is 18.3 Å². The molecule has 23 heavy (non-hydrogen) atoms. The maximum Gasteiger partial charge on any atom is 0.241 e. The smallest absolute Gasteiger partial charge is 0.241 e. The van der Waals surface area contributed by atoms with E-state index < -0.39 is 6.04 Å². The lowest BCUT2D eigenvalue weighted by molar-refractivity contribution is -0.123. The van der Waals surface area contributed by atoms with Crippen molar-refractivity contribution in [3.8, 4) is 5.75 Å². The van der Waals surface area contributed by atoms with Crippen LogP contribution in [0.1, 0.15) is 35.2 Å². The number of amides is 1. The molecule has 0 saturated heterocycles. The maximum atomic E-state index is 12.4. The number of hydrogen-bond acceptors (Lipinski definition) is 3. The first-order valence-corrected chi connectivity index (χ1v) is 7.49. The van der Waals surface area contributed by atoms with Crippen LogP contribution in [0.4, 0.5) is 0 Å². The van der Waals surface area contributed by atoms with Crippen LogP contribution in [0.15, 0.2) is 48.5 Å². The Hall–Kier alpha value is -2.04. The monoisotopic (exact) mass is 332 g/mol. The number of ether oxygens (including phenoxy) is 1. The molecule has 0 spiro atoms. The second kappa shape index (κ2) is 7.49. The molecular formula is C18H21ClN2O2. The number of benzene rings is 2. The minimum absolute atomic E-state index is 0. The van der Waals surface area contributed by atoms with Crippen LogP contribution in [-0.2, 0) is 4.79 Å². The van der Waals surface area contributed by atoms with E-state index in [9.17, 15) is 4.79 Å². The number of nitrogens with two attached hydrogens (primary N) is 1. The molecule has 0 aliphatic carbocycles. The van der Waals surface area contributed by atoms with Gasteiger partial charge in [-0.1, -0.05) is 48.0 Å². The highest BCUT2D eigenvalue weighted by atomic mass is 35.5. The van der Waals surface area contributed by atoms with Gasteiger partial charge in [-0.15, -0.1) is 12.4 Å². The molecule has 0 saturated carbocycles. The highest BCUT2D eigenvalue weighted by Crippen LogP contribution is 2.31. The van der Waals surface area contributed by atoms with Crippen LogP contribution >= 0.6 is 12.4 Å². The van der Waals surface area contributed by atoms with Crippen molar-refractivity contribution in [2.75, 3.05) is 6.61 Å². The molecular weight excluding hydrogens is 312 g/mol. The third-order valence-electron chi connectivity index (χ3n) is 3.99. The molecule has 3 rings (SSSR count). The summed E-state index contributed by atoms with van der Waals surface area (Å²) in [5.74, 6) is 0.675. The standard InChI is InChI=1S/C18H20N2O2.ClH/c1-12-6-8-13(9-7-12)17(19)18(21)20-15-10-11-22-16-5-3-2-4-14(15)16;/h2-9,15,17H,10-11,19H2,1H3,(H,20,21);1H. The second-order valence-electron chi connectivity index (χ2n) is 5.62. The van der Waals surface area contributed by atoms with Crippen LogP contribution in [0, 0.1) is 6.92 Å². The Bertz CT molecular complexity index is 673. The van der Waals surface area contributed by atoms with Gasteiger partial charge in [0.05, 0.1) is 12.6 Å². The molecule has 0 aromatic heterocycles. The Morgan fingerprint density at radius 1 is 1.22 bits per heavy atom. The summed E-state index contributed by atoms with van der Waals surface area (Å²) in [4.78, 5) is 12.4. The van der Waals surface area contributed by atoms with E-state index in [0.29, 0.717) is 6.61 Å². The van der Waals surface area contributed by atoms with Crippen molar-refractivity contribution in [1.82, 2.24) is 5.32 Å². The van der Waals surface area contributed by atoms with Crippen molar-refractivity contribution in [2.45, 2.75) is 25.4 Å². The molecule has 3 N–H and O–H groups in total. The molecule has 1 aliphatic heterocycles. The fraction of sp³-hybridized carbons (Fsp3) is 0.278. The summed E-state index contributed by atoms with van der Waals surface area (Å²) in [7, 11) is 0. The molecule has 122 valence electrons. The number of carbonyl (C=O) groups excluding carboxylic acids is 1. The fourth-order valence-electron chi connectivity index (χ4n) is 2.68. The summed E-state index contributed by atoms with van der Waals surface area (Å²) in [6.07, 6.45) is 0.753. The van der Waals surface area contributed by atoms with Crippen LogP contribution in [0.25, 0.3) is 0 Å². The molecule has 2 atom stereocenters. The minimum atomic E-state index is -0.657. The van der Waals surface area contributed by atoms with Crippen LogP contribution in [0.3, 0.4) is 0 Å². The lowest BCUT2D eigenvalue weighted by Gasteiger charge is -2.27. The van der Waals surface area contributed by atoms with Crippen LogP contribution < -0.4 is 15.8 Å². The van der Waals surface area contributed by atoms with Gasteiger partial charge in [0, 0.05) is 12.0 Å². The third-order valence-corrected chi connectivity index (χ3v) is 3.99. The molecule has 0 radical (unpaired) electrons. The Labute approximate surface area is 142 Å². The lowest BCUT2D eigenvalue weighted by atomic mass is 9.99. The largest absolute Gasteiger partial charge is 0.493 e. The number of para-hydroxylation sites is 1. The van der Waals surface area contributed by atoms with Gasteiger partial charge >= 0.3 is 0 Å². The van der Waals surface area contributed by atoms with E-state index in [1.54, 1.807) is 0 Å². The summed E-state index contributed by atoms with van der Waals surface area (Å²) in [6, 6.07) is 14.8. The summed E-state index contributed by atoms with van der Waals surface area (Å²) < 4.78 is 5.61. The Kier molecular flexibility index (Phi) is 5.64. The molecule has 4 nitrogen and oxygen atoms in total. The van der Waals surface area contributed by atoms with Crippen molar-refractivity contribution in [3.63, 3.8) is 0 Å². The zero-order valence-corrected chi connectivity index (χ0v) is 13.8. The maximum absolute atomic E-state index is 12.4. The number of aryl methyl sites for hydroxylation is 1. The summed E-state index contributed by atoms with van der Waals surface area (Å²) in [6.45, 7) is 2.61. The first kappa shape index (κ1) is 17.3. The SMILES string of the molecule is Cc1ccc(C(N)C(=O)NC2CCOc3ccccc32)cc1.Cl. The van der Waals surface area contributed by atoms with Gasteiger partial charge in [0.25, 0.3) is 0 Å². The zero-order chi connectivity index (χ0) is 15.5. The average Bonchev–Trinajstić information content (AvgIpc) is 2.55. The van der Waals surface area contributed by atoms with Crippen LogP contribution in [0.5, 0.6) is 5.75 Å². The van der Waals surface area contributed by atoms with Gasteiger partial charge in [-0.3, -0.25) is 4.79 Å². The fourth-order valence-corrected chi connectivity index (χ4v) is 2.68. The highest BCUT2D eigenvalue weighted by molar-refractivity contribution is 5.85. The van der Waals surface area contributed by atoms with Gasteiger partial charge in [0.2, 0.25) is 5.91 Å².